The van der Waals surface area contributed by atoms with Gasteiger partial charge in [-0.15, -0.1) is 0 Å². The zero-order valence-electron chi connectivity index (χ0n) is 10.5. The van der Waals surface area contributed by atoms with Crippen molar-refractivity contribution in [1.29, 1.82) is 0 Å². The third-order valence-corrected chi connectivity index (χ3v) is 3.84. The molecule has 2 atom stereocenters. The van der Waals surface area contributed by atoms with E-state index in [9.17, 15) is 4.79 Å². The highest BCUT2D eigenvalue weighted by molar-refractivity contribution is 5.81. The molecule has 0 saturated heterocycles. The van der Waals surface area contributed by atoms with Crippen LogP contribution in [0.15, 0.2) is 24.3 Å². The van der Waals surface area contributed by atoms with Gasteiger partial charge in [-0.1, -0.05) is 31.2 Å². The Morgan fingerprint density at radius 3 is 3.00 bits per heavy atom. The topological polar surface area (TPSA) is 43.1 Å². The molecule has 17 heavy (non-hydrogen) atoms. The van der Waals surface area contributed by atoms with Gasteiger partial charge >= 0.3 is 0 Å². The normalized spacial score (nSPS) is 20.7. The highest BCUT2D eigenvalue weighted by atomic mass is 16.1. The maximum Gasteiger partial charge on any atom is 0.137 e. The molecule has 1 aromatic rings. The van der Waals surface area contributed by atoms with Gasteiger partial charge in [0.05, 0.1) is 0 Å². The summed E-state index contributed by atoms with van der Waals surface area (Å²) >= 11 is 0. The van der Waals surface area contributed by atoms with Gasteiger partial charge in [0.15, 0.2) is 0 Å². The molecule has 0 spiro atoms. The van der Waals surface area contributed by atoms with E-state index in [2.05, 4.69) is 24.3 Å². The van der Waals surface area contributed by atoms with Crippen molar-refractivity contribution in [2.24, 2.45) is 11.7 Å². The van der Waals surface area contributed by atoms with E-state index >= 15 is 0 Å². The molecule has 0 fully saturated rings. The standard InChI is InChI=1S/C15H21NO/c1-11(10-16)15(17)9-13-7-4-6-12-5-2-3-8-14(12)13/h2-3,5,8,11,13H,4,6-7,9-10,16H2,1H3. The Balaban J connectivity index is 2.11. The molecule has 2 nitrogen and oxygen atoms in total. The van der Waals surface area contributed by atoms with Crippen molar-refractivity contribution in [3.63, 3.8) is 0 Å². The van der Waals surface area contributed by atoms with Gasteiger partial charge in [-0.25, -0.2) is 0 Å². The van der Waals surface area contributed by atoms with Gasteiger partial charge in [-0.3, -0.25) is 4.79 Å². The first kappa shape index (κ1) is 12.3. The maximum absolute atomic E-state index is 12.0. The molecule has 1 aliphatic rings. The molecule has 2 N–H and O–H groups in total. The quantitative estimate of drug-likeness (QED) is 0.865. The van der Waals surface area contributed by atoms with Crippen LogP contribution in [0.5, 0.6) is 0 Å². The summed E-state index contributed by atoms with van der Waals surface area (Å²) in [5, 5.41) is 0. The Kier molecular flexibility index (Phi) is 3.95. The van der Waals surface area contributed by atoms with E-state index in [0.29, 0.717) is 24.7 Å². The second-order valence-electron chi connectivity index (χ2n) is 5.10. The number of aryl methyl sites for hydroxylation is 1. The second kappa shape index (κ2) is 5.46. The Morgan fingerprint density at radius 2 is 2.24 bits per heavy atom. The predicted octanol–water partition coefficient (Wildman–Crippen LogP) is 2.66. The molecule has 0 radical (unpaired) electrons. The third-order valence-electron chi connectivity index (χ3n) is 3.84. The lowest BCUT2D eigenvalue weighted by Gasteiger charge is -2.25. The molecule has 0 bridgehead atoms. The van der Waals surface area contributed by atoms with E-state index in [1.807, 2.05) is 6.92 Å². The molecule has 2 rings (SSSR count). The smallest absolute Gasteiger partial charge is 0.137 e. The highest BCUT2D eigenvalue weighted by Gasteiger charge is 2.23. The minimum atomic E-state index is 0.00379. The summed E-state index contributed by atoms with van der Waals surface area (Å²) in [6, 6.07) is 8.54. The minimum absolute atomic E-state index is 0.00379. The Labute approximate surface area is 103 Å². The van der Waals surface area contributed by atoms with Gasteiger partial charge in [0.1, 0.15) is 5.78 Å². The first-order chi connectivity index (χ1) is 8.22. The molecule has 92 valence electrons. The second-order valence-corrected chi connectivity index (χ2v) is 5.10. The van der Waals surface area contributed by atoms with Crippen molar-refractivity contribution >= 4 is 5.78 Å². The van der Waals surface area contributed by atoms with Crippen molar-refractivity contribution in [1.82, 2.24) is 0 Å². The van der Waals surface area contributed by atoms with Crippen LogP contribution >= 0.6 is 0 Å². The SMILES string of the molecule is CC(CN)C(=O)CC1CCCc2ccccc21. The zero-order valence-corrected chi connectivity index (χ0v) is 10.5. The molecule has 0 saturated carbocycles. The number of carbonyl (C=O) groups is 1. The van der Waals surface area contributed by atoms with Crippen LogP contribution in [-0.4, -0.2) is 12.3 Å². The number of fused-ring (bicyclic) bond motifs is 1. The van der Waals surface area contributed by atoms with Crippen LogP contribution in [0.2, 0.25) is 0 Å². The minimum Gasteiger partial charge on any atom is -0.330 e. The first-order valence-corrected chi connectivity index (χ1v) is 6.53. The molecule has 0 heterocycles. The summed E-state index contributed by atoms with van der Waals surface area (Å²) in [7, 11) is 0. The zero-order chi connectivity index (χ0) is 12.3. The van der Waals surface area contributed by atoms with Gasteiger partial charge in [0.2, 0.25) is 0 Å². The number of Topliss-reactive ketones (excluding diaryl/α,β-unsaturated/α-hetero) is 1. The molecule has 0 aliphatic heterocycles. The number of hydrogen-bond donors (Lipinski definition) is 1. The van der Waals surface area contributed by atoms with Gasteiger partial charge < -0.3 is 5.73 Å². The fourth-order valence-electron chi connectivity index (χ4n) is 2.64. The van der Waals surface area contributed by atoms with Crippen LogP contribution < -0.4 is 5.73 Å². The Bertz CT molecular complexity index is 400. The highest BCUT2D eigenvalue weighted by Crippen LogP contribution is 2.34. The summed E-state index contributed by atoms with van der Waals surface area (Å²) < 4.78 is 0. The van der Waals surface area contributed by atoms with Gasteiger partial charge in [-0.05, 0) is 36.3 Å². The van der Waals surface area contributed by atoms with Gasteiger partial charge in [0.25, 0.3) is 0 Å². The van der Waals surface area contributed by atoms with Gasteiger partial charge in [-0.2, -0.15) is 0 Å². The Morgan fingerprint density at radius 1 is 1.47 bits per heavy atom. The van der Waals surface area contributed by atoms with Gasteiger partial charge in [0, 0.05) is 18.9 Å². The van der Waals surface area contributed by atoms with Crippen LogP contribution in [0.4, 0.5) is 0 Å². The molecular weight excluding hydrogens is 210 g/mol. The summed E-state index contributed by atoms with van der Waals surface area (Å²) in [4.78, 5) is 12.0. The number of rotatable bonds is 4. The summed E-state index contributed by atoms with van der Waals surface area (Å²) in [5.41, 5.74) is 8.37. The average molecular weight is 231 g/mol. The Hall–Kier alpha value is -1.15. The van der Waals surface area contributed by atoms with E-state index in [0.717, 1.165) is 12.8 Å². The van der Waals surface area contributed by atoms with Crippen molar-refractivity contribution in [3.8, 4) is 0 Å². The third kappa shape index (κ3) is 2.75. The fourth-order valence-corrected chi connectivity index (χ4v) is 2.64. The molecule has 1 aliphatic carbocycles. The number of nitrogens with two attached hydrogens (primary N) is 1. The number of carbonyl (C=O) groups excluding carboxylic acids is 1. The van der Waals surface area contributed by atoms with Crippen molar-refractivity contribution in [2.75, 3.05) is 6.54 Å². The summed E-state index contributed by atoms with van der Waals surface area (Å²) in [5.74, 6) is 0.736. The number of benzene rings is 1. The van der Waals surface area contributed by atoms with E-state index in [-0.39, 0.29) is 5.92 Å². The molecule has 2 unspecified atom stereocenters. The maximum atomic E-state index is 12.0. The van der Waals surface area contributed by atoms with E-state index < -0.39 is 0 Å². The van der Waals surface area contributed by atoms with Crippen LogP contribution in [0.25, 0.3) is 0 Å². The van der Waals surface area contributed by atoms with Crippen LogP contribution in [-0.2, 0) is 11.2 Å². The van der Waals surface area contributed by atoms with E-state index in [4.69, 9.17) is 5.73 Å². The molecule has 0 aromatic heterocycles. The van der Waals surface area contributed by atoms with Crippen LogP contribution in [0.1, 0.15) is 43.2 Å². The van der Waals surface area contributed by atoms with Crippen LogP contribution in [0, 0.1) is 5.92 Å². The first-order valence-electron chi connectivity index (χ1n) is 6.53. The number of hydrogen-bond acceptors (Lipinski definition) is 2. The lowest BCUT2D eigenvalue weighted by Crippen LogP contribution is -2.23. The predicted molar refractivity (Wildman–Crippen MR) is 70.0 cm³/mol. The lowest BCUT2D eigenvalue weighted by molar-refractivity contribution is -0.122. The lowest BCUT2D eigenvalue weighted by atomic mass is 9.79. The molecule has 0 amide bonds. The largest absolute Gasteiger partial charge is 0.330 e. The number of ketones is 1. The van der Waals surface area contributed by atoms with Crippen molar-refractivity contribution < 1.29 is 4.79 Å². The van der Waals surface area contributed by atoms with E-state index in [1.54, 1.807) is 0 Å². The average Bonchev–Trinajstić information content (AvgIpc) is 2.38. The molecule has 1 aromatic carbocycles. The summed E-state index contributed by atoms with van der Waals surface area (Å²) in [6.45, 7) is 2.39. The summed E-state index contributed by atoms with van der Waals surface area (Å²) in [6.07, 6.45) is 4.16. The van der Waals surface area contributed by atoms with Crippen LogP contribution in [0.3, 0.4) is 0 Å². The van der Waals surface area contributed by atoms with Crippen molar-refractivity contribution in [2.45, 2.75) is 38.5 Å². The molecular formula is C15H21NO. The van der Waals surface area contributed by atoms with Crippen molar-refractivity contribution in [3.05, 3.63) is 35.4 Å². The monoisotopic (exact) mass is 231 g/mol. The molecule has 2 heteroatoms. The van der Waals surface area contributed by atoms with E-state index in [1.165, 1.54) is 17.5 Å². The fraction of sp³-hybridized carbons (Fsp3) is 0.533.